The van der Waals surface area contributed by atoms with E-state index in [2.05, 4.69) is 6.92 Å². The van der Waals surface area contributed by atoms with Crippen molar-refractivity contribution in [2.75, 3.05) is 0 Å². The van der Waals surface area contributed by atoms with E-state index in [-0.39, 0.29) is 0 Å². The van der Waals surface area contributed by atoms with Gasteiger partial charge >= 0.3 is 5.97 Å². The summed E-state index contributed by atoms with van der Waals surface area (Å²) >= 11 is 0. The first-order valence-electron chi connectivity index (χ1n) is 8.08. The Balaban J connectivity index is 2.90. The zero-order valence-corrected chi connectivity index (χ0v) is 15.3. The molecule has 0 N–H and O–H groups in total. The zero-order chi connectivity index (χ0) is 16.5. The van der Waals surface area contributed by atoms with Gasteiger partial charge < -0.3 is 4.74 Å². The van der Waals surface area contributed by atoms with Crippen molar-refractivity contribution >= 4 is 14.0 Å². The van der Waals surface area contributed by atoms with E-state index < -0.39 is 37.0 Å². The molecule has 0 saturated heterocycles. The Morgan fingerprint density at radius 2 is 1.81 bits per heavy atom. The van der Waals surface area contributed by atoms with Crippen molar-refractivity contribution in [3.63, 3.8) is 0 Å². The predicted molar refractivity (Wildman–Crippen MR) is 84.5 cm³/mol. The van der Waals surface area contributed by atoms with Crippen molar-refractivity contribution in [3.05, 3.63) is 0 Å². The van der Waals surface area contributed by atoms with Gasteiger partial charge in [0.2, 0.25) is 0 Å². The van der Waals surface area contributed by atoms with Crippen LogP contribution >= 0.6 is 0 Å². The van der Waals surface area contributed by atoms with E-state index in [9.17, 15) is 13.6 Å². The van der Waals surface area contributed by atoms with Crippen molar-refractivity contribution in [2.45, 2.75) is 89.6 Å². The second kappa shape index (κ2) is 6.35. The van der Waals surface area contributed by atoms with Gasteiger partial charge in [-0.3, -0.25) is 4.79 Å². The van der Waals surface area contributed by atoms with Crippen LogP contribution in [0.2, 0.25) is 24.7 Å². The quantitative estimate of drug-likeness (QED) is 0.347. The third-order valence-electron chi connectivity index (χ3n) is 5.03. The highest BCUT2D eigenvalue weighted by Gasteiger charge is 2.86. The molecule has 124 valence electrons. The van der Waals surface area contributed by atoms with Crippen LogP contribution in [0.1, 0.15) is 52.9 Å². The number of halogens is 2. The number of carbonyl (C=O) groups excluding carboxylic acids is 1. The molecule has 1 saturated carbocycles. The van der Waals surface area contributed by atoms with Gasteiger partial charge in [-0.2, -0.15) is 0 Å². The van der Waals surface area contributed by atoms with Crippen LogP contribution in [0, 0.1) is 5.92 Å². The van der Waals surface area contributed by atoms with Crippen LogP contribution in [-0.4, -0.2) is 26.1 Å². The van der Waals surface area contributed by atoms with E-state index in [1.54, 1.807) is 6.92 Å². The van der Waals surface area contributed by atoms with E-state index >= 15 is 0 Å². The summed E-state index contributed by atoms with van der Waals surface area (Å²) in [5, 5.41) is -1.10. The molecule has 0 aromatic carbocycles. The Bertz CT molecular complexity index is 379. The lowest BCUT2D eigenvalue weighted by atomic mass is 10.1. The van der Waals surface area contributed by atoms with Crippen LogP contribution in [0.15, 0.2) is 0 Å². The van der Waals surface area contributed by atoms with E-state index in [4.69, 9.17) is 4.74 Å². The molecule has 1 aliphatic carbocycles. The maximum Gasteiger partial charge on any atom is 0.302 e. The van der Waals surface area contributed by atoms with Crippen LogP contribution < -0.4 is 0 Å². The molecule has 0 amide bonds. The van der Waals surface area contributed by atoms with Crippen molar-refractivity contribution in [1.29, 1.82) is 0 Å². The molecule has 1 fully saturated rings. The normalized spacial score (nSPS) is 29.0. The fourth-order valence-corrected chi connectivity index (χ4v) is 7.96. The lowest BCUT2D eigenvalue weighted by Crippen LogP contribution is -2.43. The third kappa shape index (κ3) is 3.17. The summed E-state index contributed by atoms with van der Waals surface area (Å²) in [5.41, 5.74) is 0. The van der Waals surface area contributed by atoms with Gasteiger partial charge in [0.25, 0.3) is 5.92 Å². The van der Waals surface area contributed by atoms with Crippen LogP contribution in [-0.2, 0) is 9.53 Å². The molecule has 1 rings (SSSR count). The predicted octanol–water partition coefficient (Wildman–Crippen LogP) is 5.25. The van der Waals surface area contributed by atoms with Gasteiger partial charge in [0, 0.05) is 12.8 Å². The van der Waals surface area contributed by atoms with Gasteiger partial charge in [-0.15, -0.1) is 0 Å². The summed E-state index contributed by atoms with van der Waals surface area (Å²) in [7, 11) is -2.20. The minimum atomic E-state index is -2.70. The number of hydrogen-bond donors (Lipinski definition) is 0. The SMILES string of the molecule is CCCCCCC1C(F)(F)C1(C(C)OC(C)=O)[Si](C)(C)C. The molecular formula is C16H30F2O2Si. The standard InChI is InChI=1S/C16H30F2O2Si/c1-7-8-9-10-11-14-15(16(14,17)18,21(4,5)6)12(2)20-13(3)19/h12,14H,7-11H2,1-6H3. The summed E-state index contributed by atoms with van der Waals surface area (Å²) in [6.07, 6.45) is 3.89. The molecule has 0 aliphatic heterocycles. The molecule has 0 aromatic rings. The first-order chi connectivity index (χ1) is 9.53. The van der Waals surface area contributed by atoms with Crippen molar-refractivity contribution < 1.29 is 18.3 Å². The minimum Gasteiger partial charge on any atom is -0.462 e. The molecule has 0 spiro atoms. The number of ether oxygens (including phenoxy) is 1. The van der Waals surface area contributed by atoms with E-state index in [1.807, 2.05) is 19.6 Å². The van der Waals surface area contributed by atoms with Crippen LogP contribution in [0.5, 0.6) is 0 Å². The fraction of sp³-hybridized carbons (Fsp3) is 0.938. The molecule has 1 aliphatic rings. The second-order valence-electron chi connectivity index (χ2n) is 7.40. The molecular weight excluding hydrogens is 290 g/mol. The lowest BCUT2D eigenvalue weighted by Gasteiger charge is -2.34. The number of rotatable bonds is 8. The van der Waals surface area contributed by atoms with Crippen molar-refractivity contribution in [2.24, 2.45) is 5.92 Å². The summed E-state index contributed by atoms with van der Waals surface area (Å²) in [6, 6.07) is 0. The first kappa shape index (κ1) is 18.6. The smallest absolute Gasteiger partial charge is 0.302 e. The highest BCUT2D eigenvalue weighted by molar-refractivity contribution is 6.80. The molecule has 0 aromatic heterocycles. The van der Waals surface area contributed by atoms with E-state index in [0.717, 1.165) is 25.7 Å². The Kier molecular flexibility index (Phi) is 5.62. The van der Waals surface area contributed by atoms with Crippen LogP contribution in [0.25, 0.3) is 0 Å². The molecule has 0 radical (unpaired) electrons. The average Bonchev–Trinajstić information content (AvgIpc) is 2.81. The number of alkyl halides is 2. The fourth-order valence-electron chi connectivity index (χ4n) is 4.21. The Morgan fingerprint density at radius 3 is 2.24 bits per heavy atom. The monoisotopic (exact) mass is 320 g/mol. The third-order valence-corrected chi connectivity index (χ3v) is 8.60. The highest BCUT2D eigenvalue weighted by atomic mass is 28.3. The molecule has 5 heteroatoms. The molecule has 0 heterocycles. The maximum absolute atomic E-state index is 14.7. The lowest BCUT2D eigenvalue weighted by molar-refractivity contribution is -0.147. The first-order valence-corrected chi connectivity index (χ1v) is 11.6. The van der Waals surface area contributed by atoms with Crippen LogP contribution in [0.4, 0.5) is 8.78 Å². The number of carbonyl (C=O) groups is 1. The molecule has 3 atom stereocenters. The summed E-state index contributed by atoms with van der Waals surface area (Å²) < 4.78 is 34.5. The summed E-state index contributed by atoms with van der Waals surface area (Å²) in [5.74, 6) is -3.78. The molecule has 0 bridgehead atoms. The minimum absolute atomic E-state index is 0.465. The highest BCUT2D eigenvalue weighted by Crippen LogP contribution is 2.79. The topological polar surface area (TPSA) is 26.3 Å². The molecule has 3 unspecified atom stereocenters. The average molecular weight is 320 g/mol. The van der Waals surface area contributed by atoms with Crippen molar-refractivity contribution in [1.82, 2.24) is 0 Å². The van der Waals surface area contributed by atoms with Gasteiger partial charge in [-0.25, -0.2) is 8.78 Å². The maximum atomic E-state index is 14.7. The number of esters is 1. The van der Waals surface area contributed by atoms with Gasteiger partial charge in [-0.1, -0.05) is 52.2 Å². The van der Waals surface area contributed by atoms with Gasteiger partial charge in [0.1, 0.15) is 6.10 Å². The Labute approximate surface area is 128 Å². The number of hydrogen-bond acceptors (Lipinski definition) is 2. The van der Waals surface area contributed by atoms with Crippen molar-refractivity contribution in [3.8, 4) is 0 Å². The Hall–Kier alpha value is -0.453. The summed E-state index contributed by atoms with van der Waals surface area (Å²) in [6.45, 7) is 11.0. The second-order valence-corrected chi connectivity index (χ2v) is 12.7. The Morgan fingerprint density at radius 1 is 1.24 bits per heavy atom. The van der Waals surface area contributed by atoms with Gasteiger partial charge in [0.05, 0.1) is 13.1 Å². The van der Waals surface area contributed by atoms with Gasteiger partial charge in [-0.05, 0) is 13.3 Å². The molecule has 2 nitrogen and oxygen atoms in total. The van der Waals surface area contributed by atoms with Gasteiger partial charge in [0.15, 0.2) is 0 Å². The number of unbranched alkanes of at least 4 members (excludes halogenated alkanes) is 3. The summed E-state index contributed by atoms with van der Waals surface area (Å²) in [4.78, 5) is 11.2. The molecule has 21 heavy (non-hydrogen) atoms. The largest absolute Gasteiger partial charge is 0.462 e. The van der Waals surface area contributed by atoms with E-state index in [0.29, 0.717) is 6.42 Å². The van der Waals surface area contributed by atoms with Crippen LogP contribution in [0.3, 0.4) is 0 Å². The van der Waals surface area contributed by atoms with E-state index in [1.165, 1.54) is 6.92 Å². The zero-order valence-electron chi connectivity index (χ0n) is 14.3.